The molecule has 19 heavy (non-hydrogen) atoms. The first-order valence-corrected chi connectivity index (χ1v) is 6.20. The van der Waals surface area contributed by atoms with E-state index in [1.165, 1.54) is 18.9 Å². The highest BCUT2D eigenvalue weighted by molar-refractivity contribution is 5.91. The van der Waals surface area contributed by atoms with Gasteiger partial charge in [0, 0.05) is 35.8 Å². The molecule has 2 N–H and O–H groups in total. The Kier molecular flexibility index (Phi) is 2.87. The van der Waals surface area contributed by atoms with Crippen LogP contribution in [0.2, 0.25) is 0 Å². The molecule has 0 radical (unpaired) electrons. The number of rotatable bonds is 4. The average Bonchev–Trinajstić information content (AvgIpc) is 3.15. The van der Waals surface area contributed by atoms with Crippen molar-refractivity contribution in [3.8, 4) is 11.1 Å². The molecule has 0 aliphatic heterocycles. The molecule has 5 heteroatoms. The van der Waals surface area contributed by atoms with E-state index in [4.69, 9.17) is 5.73 Å². The first-order chi connectivity index (χ1) is 9.24. The van der Waals surface area contributed by atoms with Gasteiger partial charge in [0.25, 0.3) is 0 Å². The van der Waals surface area contributed by atoms with Gasteiger partial charge in [-0.25, -0.2) is 0 Å². The Morgan fingerprint density at radius 1 is 1.42 bits per heavy atom. The largest absolute Gasteiger partial charge is 0.366 e. The van der Waals surface area contributed by atoms with Crippen LogP contribution in [0.25, 0.3) is 17.2 Å². The fraction of sp³-hybridized carbons (Fsp3) is 0.214. The molecule has 2 aromatic heterocycles. The van der Waals surface area contributed by atoms with Gasteiger partial charge in [0.1, 0.15) is 0 Å². The van der Waals surface area contributed by atoms with Crippen LogP contribution in [-0.2, 0) is 4.79 Å². The maximum absolute atomic E-state index is 10.8. The maximum Gasteiger partial charge on any atom is 0.241 e. The number of hydrogen-bond acceptors (Lipinski definition) is 3. The van der Waals surface area contributed by atoms with Gasteiger partial charge in [0.05, 0.1) is 12.2 Å². The number of amides is 1. The number of aromatic nitrogens is 3. The minimum atomic E-state index is -0.469. The summed E-state index contributed by atoms with van der Waals surface area (Å²) in [5, 5.41) is 4.37. The topological polar surface area (TPSA) is 73.8 Å². The van der Waals surface area contributed by atoms with Crippen molar-refractivity contribution >= 4 is 12.0 Å². The summed E-state index contributed by atoms with van der Waals surface area (Å²) in [6.07, 6.45) is 12.7. The van der Waals surface area contributed by atoms with Gasteiger partial charge >= 0.3 is 0 Å². The van der Waals surface area contributed by atoms with Crippen molar-refractivity contribution in [3.05, 3.63) is 42.5 Å². The zero-order chi connectivity index (χ0) is 13.2. The number of primary amides is 1. The number of nitrogens with two attached hydrogens (primary N) is 1. The lowest BCUT2D eigenvalue weighted by molar-refractivity contribution is -0.113. The molecule has 1 amide bonds. The molecule has 2 heterocycles. The molecule has 0 bridgehead atoms. The number of pyridine rings is 1. The number of carbonyl (C=O) groups is 1. The predicted octanol–water partition coefficient (Wildman–Crippen LogP) is 1.78. The highest BCUT2D eigenvalue weighted by Gasteiger charge is 2.24. The summed E-state index contributed by atoms with van der Waals surface area (Å²) in [5.41, 5.74) is 8.00. The molecule has 1 saturated carbocycles. The maximum atomic E-state index is 10.8. The molecule has 0 atom stereocenters. The second kappa shape index (κ2) is 4.68. The second-order valence-electron chi connectivity index (χ2n) is 4.64. The van der Waals surface area contributed by atoms with E-state index in [0.29, 0.717) is 6.04 Å². The van der Waals surface area contributed by atoms with Gasteiger partial charge in [-0.1, -0.05) is 0 Å². The zero-order valence-corrected chi connectivity index (χ0v) is 10.4. The van der Waals surface area contributed by atoms with E-state index in [-0.39, 0.29) is 0 Å². The lowest BCUT2D eigenvalue weighted by Gasteiger charge is -2.02. The fourth-order valence-corrected chi connectivity index (χ4v) is 1.99. The highest BCUT2D eigenvalue weighted by Crippen LogP contribution is 2.35. The lowest BCUT2D eigenvalue weighted by Crippen LogP contribution is -2.05. The lowest BCUT2D eigenvalue weighted by atomic mass is 10.0. The molecule has 0 unspecified atom stereocenters. The van der Waals surface area contributed by atoms with Gasteiger partial charge in [0.2, 0.25) is 5.91 Å². The molecule has 96 valence electrons. The molecular weight excluding hydrogens is 240 g/mol. The van der Waals surface area contributed by atoms with E-state index >= 15 is 0 Å². The Morgan fingerprint density at radius 3 is 3.00 bits per heavy atom. The molecule has 1 aliphatic carbocycles. The van der Waals surface area contributed by atoms with Crippen molar-refractivity contribution in [3.63, 3.8) is 0 Å². The van der Waals surface area contributed by atoms with Crippen LogP contribution in [0.1, 0.15) is 24.4 Å². The van der Waals surface area contributed by atoms with Gasteiger partial charge < -0.3 is 5.73 Å². The minimum absolute atomic E-state index is 0.469. The molecule has 2 aromatic rings. The number of nitrogens with zero attached hydrogens (tertiary/aromatic N) is 3. The summed E-state index contributed by atoms with van der Waals surface area (Å²) in [7, 11) is 0. The molecule has 0 aromatic carbocycles. The van der Waals surface area contributed by atoms with Crippen LogP contribution < -0.4 is 5.73 Å². The fourth-order valence-electron chi connectivity index (χ4n) is 1.99. The predicted molar refractivity (Wildman–Crippen MR) is 72.0 cm³/mol. The van der Waals surface area contributed by atoms with E-state index in [9.17, 15) is 4.79 Å². The molecule has 0 saturated heterocycles. The second-order valence-corrected chi connectivity index (χ2v) is 4.64. The third-order valence-corrected chi connectivity index (χ3v) is 3.11. The number of carbonyl (C=O) groups excluding carboxylic acids is 1. The third-order valence-electron chi connectivity index (χ3n) is 3.11. The van der Waals surface area contributed by atoms with Crippen LogP contribution in [0.5, 0.6) is 0 Å². The Balaban J connectivity index is 1.96. The van der Waals surface area contributed by atoms with Crippen LogP contribution in [0.15, 0.2) is 36.9 Å². The molecule has 5 nitrogen and oxygen atoms in total. The van der Waals surface area contributed by atoms with E-state index in [2.05, 4.69) is 10.1 Å². The Bertz CT molecular complexity index is 640. The number of hydrogen-bond donors (Lipinski definition) is 1. The van der Waals surface area contributed by atoms with Crippen molar-refractivity contribution in [1.82, 2.24) is 14.8 Å². The van der Waals surface area contributed by atoms with Gasteiger partial charge in [0.15, 0.2) is 0 Å². The summed E-state index contributed by atoms with van der Waals surface area (Å²) >= 11 is 0. The van der Waals surface area contributed by atoms with Gasteiger partial charge in [-0.05, 0) is 30.5 Å². The normalized spacial score (nSPS) is 14.9. The van der Waals surface area contributed by atoms with E-state index in [0.717, 1.165) is 16.7 Å². The third kappa shape index (κ3) is 2.54. The summed E-state index contributed by atoms with van der Waals surface area (Å²) in [6, 6.07) is 2.47. The Morgan fingerprint density at radius 2 is 2.26 bits per heavy atom. The highest BCUT2D eigenvalue weighted by atomic mass is 16.1. The zero-order valence-electron chi connectivity index (χ0n) is 10.4. The molecular formula is C14H14N4O. The monoisotopic (exact) mass is 254 g/mol. The van der Waals surface area contributed by atoms with Crippen LogP contribution in [0, 0.1) is 0 Å². The van der Waals surface area contributed by atoms with Gasteiger partial charge in [-0.15, -0.1) is 0 Å². The minimum Gasteiger partial charge on any atom is -0.366 e. The van der Waals surface area contributed by atoms with E-state index in [1.54, 1.807) is 18.5 Å². The van der Waals surface area contributed by atoms with Crippen molar-refractivity contribution in [2.75, 3.05) is 0 Å². The Labute approximate surface area is 110 Å². The quantitative estimate of drug-likeness (QED) is 0.845. The standard InChI is InChI=1S/C14H14N4O/c15-14(19)4-1-10-7-16-6-5-13(10)11-8-17-18(9-11)12-2-3-12/h1,4-9,12H,2-3H2,(H2,15,19)/b4-1+. The molecule has 1 aliphatic rings. The van der Waals surface area contributed by atoms with Crippen LogP contribution >= 0.6 is 0 Å². The van der Waals surface area contributed by atoms with Crippen LogP contribution in [0.3, 0.4) is 0 Å². The first kappa shape index (κ1) is 11.6. The van der Waals surface area contributed by atoms with Crippen molar-refractivity contribution in [2.24, 2.45) is 5.73 Å². The molecule has 0 spiro atoms. The van der Waals surface area contributed by atoms with Crippen LogP contribution in [-0.4, -0.2) is 20.7 Å². The van der Waals surface area contributed by atoms with E-state index < -0.39 is 5.91 Å². The Hall–Kier alpha value is -2.43. The summed E-state index contributed by atoms with van der Waals surface area (Å²) in [5.74, 6) is -0.469. The first-order valence-electron chi connectivity index (χ1n) is 6.20. The SMILES string of the molecule is NC(=O)/C=C/c1cnccc1-c1cnn(C2CC2)c1. The molecule has 3 rings (SSSR count). The summed E-state index contributed by atoms with van der Waals surface area (Å²) < 4.78 is 2.00. The summed E-state index contributed by atoms with van der Waals surface area (Å²) in [4.78, 5) is 14.9. The smallest absolute Gasteiger partial charge is 0.241 e. The summed E-state index contributed by atoms with van der Waals surface area (Å²) in [6.45, 7) is 0. The van der Waals surface area contributed by atoms with Crippen molar-refractivity contribution < 1.29 is 4.79 Å². The van der Waals surface area contributed by atoms with Crippen LogP contribution in [0.4, 0.5) is 0 Å². The van der Waals surface area contributed by atoms with Gasteiger partial charge in [-0.3, -0.25) is 14.5 Å². The van der Waals surface area contributed by atoms with Crippen molar-refractivity contribution in [2.45, 2.75) is 18.9 Å². The van der Waals surface area contributed by atoms with Gasteiger partial charge in [-0.2, -0.15) is 5.10 Å². The van der Waals surface area contributed by atoms with E-state index in [1.807, 2.05) is 23.1 Å². The molecule has 1 fully saturated rings. The average molecular weight is 254 g/mol. The van der Waals surface area contributed by atoms with Crippen molar-refractivity contribution in [1.29, 1.82) is 0 Å².